The maximum absolute atomic E-state index is 13.1. The van der Waals surface area contributed by atoms with Gasteiger partial charge in [0.25, 0.3) is 0 Å². The molecule has 28 heavy (non-hydrogen) atoms. The van der Waals surface area contributed by atoms with Gasteiger partial charge in [0.1, 0.15) is 5.25 Å². The van der Waals surface area contributed by atoms with Crippen molar-refractivity contribution in [1.82, 2.24) is 14.9 Å². The third kappa shape index (κ3) is 3.86. The molecule has 0 saturated heterocycles. The van der Waals surface area contributed by atoms with Crippen LogP contribution < -0.4 is 10.7 Å². The molecule has 4 rings (SSSR count). The summed E-state index contributed by atoms with van der Waals surface area (Å²) in [6.07, 6.45) is 1.79. The monoisotopic (exact) mass is 413 g/mol. The summed E-state index contributed by atoms with van der Waals surface area (Å²) in [5.41, 5.74) is 5.16. The number of rotatable bonds is 5. The molecule has 6 nitrogen and oxygen atoms in total. The zero-order valence-corrected chi connectivity index (χ0v) is 16.9. The van der Waals surface area contributed by atoms with Gasteiger partial charge in [-0.15, -0.1) is 10.2 Å². The number of aryl methyl sites for hydroxylation is 1. The number of carbonyl (C=O) groups is 1. The Balaban J connectivity index is 1.65. The molecule has 0 spiro atoms. The minimum Gasteiger partial charge on any atom is -0.325 e. The number of carbonyl (C=O) groups excluding carboxylic acids is 1. The van der Waals surface area contributed by atoms with Gasteiger partial charge in [0.15, 0.2) is 5.82 Å². The minimum absolute atomic E-state index is 0.111. The first-order valence-corrected chi connectivity index (χ1v) is 10.4. The number of halogens is 1. The molecule has 1 aliphatic rings. The molecule has 2 heterocycles. The van der Waals surface area contributed by atoms with E-state index in [0.29, 0.717) is 15.9 Å². The van der Waals surface area contributed by atoms with Gasteiger partial charge >= 0.3 is 0 Å². The summed E-state index contributed by atoms with van der Waals surface area (Å²) in [5, 5.41) is 12.4. The van der Waals surface area contributed by atoms with Gasteiger partial charge in [-0.2, -0.15) is 0 Å². The molecule has 2 aromatic carbocycles. The Labute approximate surface area is 172 Å². The number of anilines is 1. The van der Waals surface area contributed by atoms with Gasteiger partial charge in [0, 0.05) is 17.1 Å². The molecule has 144 valence electrons. The van der Waals surface area contributed by atoms with Crippen LogP contribution in [0.5, 0.6) is 0 Å². The summed E-state index contributed by atoms with van der Waals surface area (Å²) >= 11 is 7.47. The van der Waals surface area contributed by atoms with E-state index in [1.807, 2.05) is 47.1 Å². The van der Waals surface area contributed by atoms with Crippen LogP contribution >= 0.6 is 23.4 Å². The van der Waals surface area contributed by atoms with E-state index < -0.39 is 5.25 Å². The zero-order valence-electron chi connectivity index (χ0n) is 15.3. The Morgan fingerprint density at radius 3 is 2.79 bits per heavy atom. The summed E-state index contributed by atoms with van der Waals surface area (Å²) in [5.74, 6) is 0.763. The molecule has 2 atom stereocenters. The van der Waals surface area contributed by atoms with Crippen LogP contribution in [0.3, 0.4) is 0 Å². The van der Waals surface area contributed by atoms with Crippen molar-refractivity contribution in [3.8, 4) is 0 Å². The van der Waals surface area contributed by atoms with Crippen molar-refractivity contribution in [3.63, 3.8) is 0 Å². The smallest absolute Gasteiger partial charge is 0.240 e. The van der Waals surface area contributed by atoms with Crippen LogP contribution in [0.25, 0.3) is 0 Å². The molecule has 3 aromatic rings. The molecule has 0 aliphatic carbocycles. The van der Waals surface area contributed by atoms with E-state index in [2.05, 4.69) is 27.9 Å². The average molecular weight is 414 g/mol. The maximum atomic E-state index is 13.1. The highest BCUT2D eigenvalue weighted by Gasteiger charge is 2.37. The second kappa shape index (κ2) is 8.24. The molecule has 0 saturated carbocycles. The van der Waals surface area contributed by atoms with Crippen LogP contribution in [0.15, 0.2) is 59.8 Å². The summed E-state index contributed by atoms with van der Waals surface area (Å²) < 4.78 is 1.91. The third-order valence-corrected chi connectivity index (χ3v) is 5.94. The standard InChI is InChI=1S/C20H20ClN5OS/c1-2-7-16-23-24-20-26(16)25-17(13-8-4-3-5-9-13)18(28-20)19(27)22-15-11-6-10-14(21)12-15/h3-6,8-12,17-18,25H,2,7H2,1H3,(H,22,27)/t17-,18+/m0/s1. The number of nitrogens with zero attached hydrogens (tertiary/aromatic N) is 3. The first-order chi connectivity index (χ1) is 13.7. The number of benzene rings is 2. The van der Waals surface area contributed by atoms with E-state index in [1.54, 1.807) is 12.1 Å². The lowest BCUT2D eigenvalue weighted by atomic mass is 10.0. The number of nitrogens with one attached hydrogen (secondary N) is 2. The fraction of sp³-hybridized carbons (Fsp3) is 0.250. The van der Waals surface area contributed by atoms with E-state index >= 15 is 0 Å². The van der Waals surface area contributed by atoms with Crippen LogP contribution in [0.4, 0.5) is 5.69 Å². The quantitative estimate of drug-likeness (QED) is 0.653. The minimum atomic E-state index is -0.410. The first kappa shape index (κ1) is 18.8. The normalized spacial score (nSPS) is 18.2. The number of thioether (sulfide) groups is 1. The van der Waals surface area contributed by atoms with Gasteiger partial charge < -0.3 is 10.7 Å². The highest BCUT2D eigenvalue weighted by atomic mass is 35.5. The van der Waals surface area contributed by atoms with E-state index in [4.69, 9.17) is 11.6 Å². The maximum Gasteiger partial charge on any atom is 0.240 e. The molecule has 1 amide bonds. The molecule has 8 heteroatoms. The van der Waals surface area contributed by atoms with Gasteiger partial charge in [-0.3, -0.25) is 4.79 Å². The Hall–Kier alpha value is -2.51. The van der Waals surface area contributed by atoms with Gasteiger partial charge in [-0.25, -0.2) is 4.68 Å². The van der Waals surface area contributed by atoms with Crippen molar-refractivity contribution < 1.29 is 4.79 Å². The van der Waals surface area contributed by atoms with Crippen molar-refractivity contribution in [2.24, 2.45) is 0 Å². The van der Waals surface area contributed by atoms with Crippen LogP contribution in [-0.2, 0) is 11.2 Å². The predicted octanol–water partition coefficient (Wildman–Crippen LogP) is 4.28. The zero-order chi connectivity index (χ0) is 19.5. The molecule has 0 radical (unpaired) electrons. The number of hydrogen-bond donors (Lipinski definition) is 2. The van der Waals surface area contributed by atoms with Crippen molar-refractivity contribution >= 4 is 35.0 Å². The Kier molecular flexibility index (Phi) is 5.54. The molecule has 0 bridgehead atoms. The van der Waals surface area contributed by atoms with Crippen molar-refractivity contribution in [2.45, 2.75) is 36.2 Å². The molecule has 1 aromatic heterocycles. The molecule has 0 unspecified atom stereocenters. The number of hydrogen-bond acceptors (Lipinski definition) is 5. The van der Waals surface area contributed by atoms with E-state index in [0.717, 1.165) is 24.2 Å². The summed E-state index contributed by atoms with van der Waals surface area (Å²) in [7, 11) is 0. The fourth-order valence-electron chi connectivity index (χ4n) is 3.17. The molecular weight excluding hydrogens is 394 g/mol. The second-order valence-electron chi connectivity index (χ2n) is 6.54. The van der Waals surface area contributed by atoms with Crippen LogP contribution in [-0.4, -0.2) is 26.0 Å². The van der Waals surface area contributed by atoms with Crippen LogP contribution in [0.1, 0.15) is 30.8 Å². The molecule has 0 fully saturated rings. The SMILES string of the molecule is CCCc1nnc2n1N[C@@H](c1ccccc1)[C@H](C(=O)Nc1cccc(Cl)c1)S2. The largest absolute Gasteiger partial charge is 0.325 e. The van der Waals surface area contributed by atoms with E-state index in [-0.39, 0.29) is 11.9 Å². The summed E-state index contributed by atoms with van der Waals surface area (Å²) in [4.78, 5) is 13.1. The highest BCUT2D eigenvalue weighted by Crippen LogP contribution is 2.37. The summed E-state index contributed by atoms with van der Waals surface area (Å²) in [6, 6.07) is 16.9. The lowest BCUT2D eigenvalue weighted by Crippen LogP contribution is -2.41. The van der Waals surface area contributed by atoms with Crippen molar-refractivity contribution in [2.75, 3.05) is 10.7 Å². The Morgan fingerprint density at radius 1 is 1.21 bits per heavy atom. The molecule has 1 aliphatic heterocycles. The van der Waals surface area contributed by atoms with Gasteiger partial charge in [-0.1, -0.05) is 66.7 Å². The Morgan fingerprint density at radius 2 is 2.04 bits per heavy atom. The van der Waals surface area contributed by atoms with Gasteiger partial charge in [0.2, 0.25) is 11.1 Å². The lowest BCUT2D eigenvalue weighted by molar-refractivity contribution is -0.116. The number of fused-ring (bicyclic) bond motifs is 1. The van der Waals surface area contributed by atoms with E-state index in [1.165, 1.54) is 11.8 Å². The third-order valence-electron chi connectivity index (χ3n) is 4.49. The van der Waals surface area contributed by atoms with Gasteiger partial charge in [0.05, 0.1) is 6.04 Å². The molecule has 2 N–H and O–H groups in total. The van der Waals surface area contributed by atoms with Crippen LogP contribution in [0, 0.1) is 0 Å². The lowest BCUT2D eigenvalue weighted by Gasteiger charge is -2.33. The fourth-order valence-corrected chi connectivity index (χ4v) is 4.46. The van der Waals surface area contributed by atoms with Crippen molar-refractivity contribution in [3.05, 3.63) is 71.0 Å². The van der Waals surface area contributed by atoms with Crippen LogP contribution in [0.2, 0.25) is 5.02 Å². The average Bonchev–Trinajstić information content (AvgIpc) is 3.10. The summed E-state index contributed by atoms with van der Waals surface area (Å²) in [6.45, 7) is 2.10. The first-order valence-electron chi connectivity index (χ1n) is 9.14. The second-order valence-corrected chi connectivity index (χ2v) is 8.08. The highest BCUT2D eigenvalue weighted by molar-refractivity contribution is 8.00. The number of aromatic nitrogens is 3. The molecular formula is C20H20ClN5OS. The van der Waals surface area contributed by atoms with Gasteiger partial charge in [-0.05, 0) is 30.2 Å². The van der Waals surface area contributed by atoms with E-state index in [9.17, 15) is 4.79 Å². The topological polar surface area (TPSA) is 71.8 Å². The number of amides is 1. The predicted molar refractivity (Wildman–Crippen MR) is 112 cm³/mol. The van der Waals surface area contributed by atoms with Crippen molar-refractivity contribution in [1.29, 1.82) is 0 Å². The Bertz CT molecular complexity index is 978.